The summed E-state index contributed by atoms with van der Waals surface area (Å²) >= 11 is 0. The summed E-state index contributed by atoms with van der Waals surface area (Å²) in [6.07, 6.45) is -0.409. The van der Waals surface area contributed by atoms with Crippen LogP contribution in [0.2, 0.25) is 0 Å². The van der Waals surface area contributed by atoms with Crippen molar-refractivity contribution in [2.75, 3.05) is 26.1 Å². The Morgan fingerprint density at radius 2 is 2.31 bits per heavy atom. The molecule has 0 spiro atoms. The van der Waals surface area contributed by atoms with Gasteiger partial charge in [-0.3, -0.25) is 0 Å². The largest absolute Gasteiger partial charge is 0.446 e. The smallest absolute Gasteiger partial charge is 0.422 e. The summed E-state index contributed by atoms with van der Waals surface area (Å²) in [5, 5.41) is 0. The predicted molar refractivity (Wildman–Crippen MR) is 51.5 cm³/mol. The maximum atomic E-state index is 12.9. The molecule has 0 aliphatic carbocycles. The van der Waals surface area contributed by atoms with Gasteiger partial charge in [0.1, 0.15) is 6.61 Å². The SMILES string of the molecule is COCCOC(=O)n1cc(F)c(N)nc1=O. The van der Waals surface area contributed by atoms with Gasteiger partial charge in [-0.2, -0.15) is 9.55 Å². The average molecular weight is 231 g/mol. The van der Waals surface area contributed by atoms with Crippen molar-refractivity contribution in [3.63, 3.8) is 0 Å². The molecule has 1 heterocycles. The Morgan fingerprint density at radius 3 is 2.94 bits per heavy atom. The van der Waals surface area contributed by atoms with Crippen LogP contribution in [0.15, 0.2) is 11.0 Å². The second kappa shape index (κ2) is 5.21. The van der Waals surface area contributed by atoms with E-state index >= 15 is 0 Å². The van der Waals surface area contributed by atoms with Gasteiger partial charge in [0.05, 0.1) is 12.8 Å². The lowest BCUT2D eigenvalue weighted by molar-refractivity contribution is 0.0985. The van der Waals surface area contributed by atoms with E-state index in [1.54, 1.807) is 0 Å². The average Bonchev–Trinajstić information content (AvgIpc) is 2.23. The summed E-state index contributed by atoms with van der Waals surface area (Å²) in [5.74, 6) is -1.53. The van der Waals surface area contributed by atoms with Crippen LogP contribution in [0, 0.1) is 5.82 Å². The number of hydrogen-bond acceptors (Lipinski definition) is 6. The number of anilines is 1. The van der Waals surface area contributed by atoms with Crippen LogP contribution >= 0.6 is 0 Å². The predicted octanol–water partition coefficient (Wildman–Crippen LogP) is -0.404. The summed E-state index contributed by atoms with van der Waals surface area (Å²) in [4.78, 5) is 25.5. The minimum absolute atomic E-state index is 0.0478. The lowest BCUT2D eigenvalue weighted by atomic mass is 10.5. The van der Waals surface area contributed by atoms with E-state index in [-0.39, 0.29) is 13.2 Å². The fourth-order valence-electron chi connectivity index (χ4n) is 0.858. The number of aromatic nitrogens is 2. The number of methoxy groups -OCH3 is 1. The zero-order chi connectivity index (χ0) is 12.1. The molecule has 0 radical (unpaired) electrons. The molecule has 0 amide bonds. The number of halogens is 1. The third-order valence-electron chi connectivity index (χ3n) is 1.62. The molecule has 0 aromatic carbocycles. The lowest BCUT2D eigenvalue weighted by Gasteiger charge is -2.05. The molecule has 8 heteroatoms. The molecule has 88 valence electrons. The molecule has 1 aromatic heterocycles. The van der Waals surface area contributed by atoms with Gasteiger partial charge in [-0.25, -0.2) is 14.0 Å². The molecule has 0 unspecified atom stereocenters. The third kappa shape index (κ3) is 2.76. The molecule has 0 saturated carbocycles. The van der Waals surface area contributed by atoms with Gasteiger partial charge in [0, 0.05) is 7.11 Å². The molecule has 2 N–H and O–H groups in total. The molecular weight excluding hydrogens is 221 g/mol. The molecule has 0 bridgehead atoms. The summed E-state index contributed by atoms with van der Waals surface area (Å²) < 4.78 is 22.5. The summed E-state index contributed by atoms with van der Waals surface area (Å²) in [5.41, 5.74) is 4.04. The standard InChI is InChI=1S/C8H10FN3O4/c1-15-2-3-16-8(14)12-4-5(9)6(10)11-7(12)13/h4H,2-3H2,1H3,(H2,10,11,13). The Morgan fingerprint density at radius 1 is 1.62 bits per heavy atom. The molecule has 7 nitrogen and oxygen atoms in total. The number of nitrogen functional groups attached to an aromatic ring is 1. The van der Waals surface area contributed by atoms with Gasteiger partial charge in [0.25, 0.3) is 0 Å². The minimum Gasteiger partial charge on any atom is -0.446 e. The van der Waals surface area contributed by atoms with Gasteiger partial charge in [-0.05, 0) is 0 Å². The Bertz CT molecular complexity index is 445. The third-order valence-corrected chi connectivity index (χ3v) is 1.62. The van der Waals surface area contributed by atoms with E-state index in [1.165, 1.54) is 7.11 Å². The van der Waals surface area contributed by atoms with Crippen molar-refractivity contribution in [2.24, 2.45) is 0 Å². The summed E-state index contributed by atoms with van der Waals surface area (Å²) in [6.45, 7) is 0.124. The lowest BCUT2D eigenvalue weighted by Crippen LogP contribution is -2.31. The van der Waals surface area contributed by atoms with E-state index in [0.29, 0.717) is 10.8 Å². The number of hydrogen-bond donors (Lipinski definition) is 1. The van der Waals surface area contributed by atoms with Crippen molar-refractivity contribution >= 4 is 11.9 Å². The highest BCUT2D eigenvalue weighted by Gasteiger charge is 2.12. The molecule has 0 aliphatic rings. The van der Waals surface area contributed by atoms with E-state index in [1.807, 2.05) is 0 Å². The molecule has 0 saturated heterocycles. The Hall–Kier alpha value is -1.96. The van der Waals surface area contributed by atoms with Gasteiger partial charge >= 0.3 is 11.8 Å². The Kier molecular flexibility index (Phi) is 3.95. The van der Waals surface area contributed by atoms with Crippen molar-refractivity contribution in [2.45, 2.75) is 0 Å². The van der Waals surface area contributed by atoms with Crippen molar-refractivity contribution in [3.8, 4) is 0 Å². The van der Waals surface area contributed by atoms with E-state index in [4.69, 9.17) is 5.73 Å². The van der Waals surface area contributed by atoms with Crippen molar-refractivity contribution in [3.05, 3.63) is 22.5 Å². The van der Waals surface area contributed by atoms with Crippen molar-refractivity contribution < 1.29 is 18.7 Å². The van der Waals surface area contributed by atoms with E-state index < -0.39 is 23.4 Å². The Labute approximate surface area is 89.6 Å². The van der Waals surface area contributed by atoms with Crippen LogP contribution in [-0.2, 0) is 9.47 Å². The summed E-state index contributed by atoms with van der Waals surface area (Å²) in [7, 11) is 1.42. The molecule has 0 atom stereocenters. The second-order valence-electron chi connectivity index (χ2n) is 2.73. The molecule has 16 heavy (non-hydrogen) atoms. The van der Waals surface area contributed by atoms with Crippen LogP contribution in [0.1, 0.15) is 0 Å². The number of nitrogens with zero attached hydrogens (tertiary/aromatic N) is 2. The minimum atomic E-state index is -1.03. The fraction of sp³-hybridized carbons (Fsp3) is 0.375. The zero-order valence-corrected chi connectivity index (χ0v) is 8.47. The zero-order valence-electron chi connectivity index (χ0n) is 8.47. The first-order chi connectivity index (χ1) is 7.56. The molecule has 1 aromatic rings. The van der Waals surface area contributed by atoms with Gasteiger partial charge in [0.2, 0.25) is 0 Å². The second-order valence-corrected chi connectivity index (χ2v) is 2.73. The first kappa shape index (κ1) is 12.1. The topological polar surface area (TPSA) is 96.4 Å². The first-order valence-corrected chi connectivity index (χ1v) is 4.27. The first-order valence-electron chi connectivity index (χ1n) is 4.27. The maximum absolute atomic E-state index is 12.9. The molecule has 0 aliphatic heterocycles. The van der Waals surface area contributed by atoms with Crippen LogP contribution in [-0.4, -0.2) is 36.0 Å². The number of carbonyl (C=O) groups is 1. The molecule has 1 rings (SSSR count). The van der Waals surface area contributed by atoms with Crippen molar-refractivity contribution in [1.29, 1.82) is 0 Å². The van der Waals surface area contributed by atoms with Gasteiger partial charge in [-0.15, -0.1) is 0 Å². The van der Waals surface area contributed by atoms with Gasteiger partial charge in [-0.1, -0.05) is 0 Å². The fourth-order valence-corrected chi connectivity index (χ4v) is 0.858. The van der Waals surface area contributed by atoms with Gasteiger partial charge in [0.15, 0.2) is 11.6 Å². The quantitative estimate of drug-likeness (QED) is 0.710. The van der Waals surface area contributed by atoms with Crippen LogP contribution in [0.5, 0.6) is 0 Å². The highest BCUT2D eigenvalue weighted by molar-refractivity contribution is 5.70. The highest BCUT2D eigenvalue weighted by atomic mass is 19.1. The van der Waals surface area contributed by atoms with Crippen LogP contribution in [0.4, 0.5) is 15.0 Å². The Balaban J connectivity index is 2.84. The number of carbonyl (C=O) groups excluding carboxylic acids is 1. The monoisotopic (exact) mass is 231 g/mol. The van der Waals surface area contributed by atoms with Crippen LogP contribution in [0.25, 0.3) is 0 Å². The van der Waals surface area contributed by atoms with Gasteiger partial charge < -0.3 is 15.2 Å². The van der Waals surface area contributed by atoms with E-state index in [0.717, 1.165) is 0 Å². The number of rotatable bonds is 3. The normalized spacial score (nSPS) is 10.1. The van der Waals surface area contributed by atoms with E-state index in [9.17, 15) is 14.0 Å². The maximum Gasteiger partial charge on any atom is 0.422 e. The van der Waals surface area contributed by atoms with Crippen LogP contribution < -0.4 is 11.4 Å². The number of nitrogens with two attached hydrogens (primary N) is 1. The summed E-state index contributed by atoms with van der Waals surface area (Å²) in [6, 6.07) is 0. The molecular formula is C8H10FN3O4. The number of ether oxygens (including phenoxy) is 2. The van der Waals surface area contributed by atoms with Crippen molar-refractivity contribution in [1.82, 2.24) is 9.55 Å². The molecule has 0 fully saturated rings. The van der Waals surface area contributed by atoms with Crippen LogP contribution in [0.3, 0.4) is 0 Å². The van der Waals surface area contributed by atoms with E-state index in [2.05, 4.69) is 14.5 Å². The highest BCUT2D eigenvalue weighted by Crippen LogP contribution is 2.01.